The molecule has 0 bridgehead atoms. The topological polar surface area (TPSA) is 49.3 Å². The molecule has 0 radical (unpaired) electrons. The number of hydrogen-bond acceptors (Lipinski definition) is 4. The Labute approximate surface area is 153 Å². The van der Waals surface area contributed by atoms with Crippen LogP contribution in [0.1, 0.15) is 24.8 Å². The van der Waals surface area contributed by atoms with E-state index >= 15 is 0 Å². The van der Waals surface area contributed by atoms with Crippen LogP contribution in [0.3, 0.4) is 0 Å². The van der Waals surface area contributed by atoms with Crippen molar-refractivity contribution in [1.82, 2.24) is 5.48 Å². The lowest BCUT2D eigenvalue weighted by molar-refractivity contribution is -0.128. The minimum absolute atomic E-state index is 0.167. The Morgan fingerprint density at radius 3 is 2.57 bits per heavy atom. The molecule has 0 spiro atoms. The summed E-state index contributed by atoms with van der Waals surface area (Å²) in [5.74, 6) is -0.302. The second-order valence-electron chi connectivity index (χ2n) is 5.25. The van der Waals surface area contributed by atoms with Crippen LogP contribution in [-0.2, 0) is 11.2 Å². The Hall–Kier alpha value is -0.820. The number of carbonyl (C=O) groups is 1. The number of carbonyl (C=O) groups excluding carboxylic acids is 1. The third kappa shape index (κ3) is 5.64. The Bertz CT molecular complexity index is 628. The van der Waals surface area contributed by atoms with Crippen molar-refractivity contribution in [2.45, 2.75) is 30.9 Å². The van der Waals surface area contributed by atoms with Crippen LogP contribution in [0.2, 0.25) is 0 Å². The summed E-state index contributed by atoms with van der Waals surface area (Å²) in [5, 5.41) is 8.51. The summed E-state index contributed by atoms with van der Waals surface area (Å²) >= 11 is 6.70. The maximum atomic E-state index is 11.4. The molecule has 1 heterocycles. The molecule has 1 amide bonds. The van der Waals surface area contributed by atoms with Crippen molar-refractivity contribution >= 4 is 44.9 Å². The van der Waals surface area contributed by atoms with E-state index in [0.29, 0.717) is 0 Å². The fourth-order valence-corrected chi connectivity index (χ4v) is 4.45. The average Bonchev–Trinajstić information content (AvgIpc) is 3.01. The number of halogens is 1. The van der Waals surface area contributed by atoms with Crippen molar-refractivity contribution < 1.29 is 10.0 Å². The molecule has 2 N–H and O–H groups in total. The van der Waals surface area contributed by atoms with Crippen molar-refractivity contribution in [1.29, 1.82) is 0 Å². The number of nitrogens with one attached hydrogen (secondary N) is 1. The van der Waals surface area contributed by atoms with Gasteiger partial charge in [0.2, 0.25) is 0 Å². The number of hydrogen-bond donors (Lipinski definition) is 2. The Balaban J connectivity index is 1.79. The number of hydroxylamine groups is 1. The standard InChI is InChI=1S/C17H20BrNO2S2/c1-22-15(17(20)19-21)5-3-2-4-12-6-8-13(9-7-12)14-10-11-16(18)23-14/h6-11,15,21H,2-5H2,1H3,(H,19,20). The van der Waals surface area contributed by atoms with E-state index in [1.807, 2.05) is 6.26 Å². The van der Waals surface area contributed by atoms with Gasteiger partial charge in [0.05, 0.1) is 9.04 Å². The normalized spacial score (nSPS) is 12.1. The zero-order valence-electron chi connectivity index (χ0n) is 12.9. The molecular weight excluding hydrogens is 394 g/mol. The summed E-state index contributed by atoms with van der Waals surface area (Å²) in [5.41, 5.74) is 4.29. The highest BCUT2D eigenvalue weighted by molar-refractivity contribution is 9.11. The van der Waals surface area contributed by atoms with Crippen molar-refractivity contribution in [2.24, 2.45) is 0 Å². The molecular formula is C17H20BrNO2S2. The van der Waals surface area contributed by atoms with Crippen molar-refractivity contribution in [3.8, 4) is 10.4 Å². The van der Waals surface area contributed by atoms with Gasteiger partial charge in [0.25, 0.3) is 5.91 Å². The summed E-state index contributed by atoms with van der Waals surface area (Å²) in [4.78, 5) is 12.7. The number of amides is 1. The van der Waals surface area contributed by atoms with E-state index in [0.717, 1.165) is 29.5 Å². The van der Waals surface area contributed by atoms with Crippen LogP contribution in [0.25, 0.3) is 10.4 Å². The van der Waals surface area contributed by atoms with Crippen LogP contribution in [-0.4, -0.2) is 22.6 Å². The van der Waals surface area contributed by atoms with E-state index in [1.54, 1.807) is 16.8 Å². The first kappa shape index (κ1) is 18.5. The van der Waals surface area contributed by atoms with Gasteiger partial charge >= 0.3 is 0 Å². The quantitative estimate of drug-likeness (QED) is 0.358. The van der Waals surface area contributed by atoms with Crippen molar-refractivity contribution in [2.75, 3.05) is 6.26 Å². The molecule has 0 aliphatic carbocycles. The van der Waals surface area contributed by atoms with Gasteiger partial charge in [0.15, 0.2) is 0 Å². The number of thiophene rings is 1. The third-order valence-electron chi connectivity index (χ3n) is 3.68. The van der Waals surface area contributed by atoms with E-state index in [-0.39, 0.29) is 11.2 Å². The summed E-state index contributed by atoms with van der Waals surface area (Å²) in [7, 11) is 0. The van der Waals surface area contributed by atoms with Crippen LogP contribution < -0.4 is 5.48 Å². The largest absolute Gasteiger partial charge is 0.289 e. The SMILES string of the molecule is CSC(CCCCc1ccc(-c2ccc(Br)s2)cc1)C(=O)NO. The zero-order chi connectivity index (χ0) is 16.7. The second-order valence-corrected chi connectivity index (χ2v) is 8.75. The smallest absolute Gasteiger partial charge is 0.256 e. The predicted octanol–water partition coefficient (Wildman–Crippen LogP) is 5.13. The maximum absolute atomic E-state index is 11.4. The van der Waals surface area contributed by atoms with Crippen LogP contribution in [0.5, 0.6) is 0 Å². The number of rotatable bonds is 8. The molecule has 3 nitrogen and oxygen atoms in total. The zero-order valence-corrected chi connectivity index (χ0v) is 16.1. The average molecular weight is 414 g/mol. The monoisotopic (exact) mass is 413 g/mol. The Kier molecular flexibility index (Phi) is 7.62. The first-order valence-electron chi connectivity index (χ1n) is 7.45. The van der Waals surface area contributed by atoms with Crippen LogP contribution >= 0.6 is 39.0 Å². The summed E-state index contributed by atoms with van der Waals surface area (Å²) in [6, 6.07) is 12.9. The molecule has 0 aliphatic heterocycles. The number of thioether (sulfide) groups is 1. The molecule has 124 valence electrons. The molecule has 1 aromatic heterocycles. The molecule has 0 fully saturated rings. The molecule has 0 saturated heterocycles. The third-order valence-corrected chi connectivity index (χ3v) is 6.37. The molecule has 2 rings (SSSR count). The van der Waals surface area contributed by atoms with Crippen LogP contribution in [0.15, 0.2) is 40.2 Å². The number of aryl methyl sites for hydroxylation is 1. The molecule has 1 aromatic carbocycles. The van der Waals surface area contributed by atoms with Gasteiger partial charge in [-0.05, 0) is 64.7 Å². The molecule has 23 heavy (non-hydrogen) atoms. The second kappa shape index (κ2) is 9.47. The molecule has 0 saturated carbocycles. The van der Waals surface area contributed by atoms with E-state index in [1.165, 1.54) is 27.8 Å². The highest BCUT2D eigenvalue weighted by atomic mass is 79.9. The molecule has 1 unspecified atom stereocenters. The lowest BCUT2D eigenvalue weighted by Crippen LogP contribution is -2.29. The number of unbranched alkanes of at least 4 members (excludes halogenated alkanes) is 1. The van der Waals surface area contributed by atoms with Gasteiger partial charge in [-0.25, -0.2) is 5.48 Å². The van der Waals surface area contributed by atoms with E-state index in [9.17, 15) is 4.79 Å². The molecule has 6 heteroatoms. The fourth-order valence-electron chi connectivity index (χ4n) is 2.39. The Morgan fingerprint density at radius 2 is 2.00 bits per heavy atom. The van der Waals surface area contributed by atoms with Crippen molar-refractivity contribution in [3.63, 3.8) is 0 Å². The van der Waals surface area contributed by atoms with E-state index in [4.69, 9.17) is 5.21 Å². The van der Waals surface area contributed by atoms with Gasteiger partial charge < -0.3 is 0 Å². The molecule has 1 atom stereocenters. The minimum atomic E-state index is -0.302. The first-order chi connectivity index (χ1) is 11.1. The lowest BCUT2D eigenvalue weighted by atomic mass is 10.0. The Morgan fingerprint density at radius 1 is 1.26 bits per heavy atom. The summed E-state index contributed by atoms with van der Waals surface area (Å²) < 4.78 is 1.15. The summed E-state index contributed by atoms with van der Waals surface area (Å²) in [6.45, 7) is 0. The van der Waals surface area contributed by atoms with E-state index < -0.39 is 0 Å². The highest BCUT2D eigenvalue weighted by Gasteiger charge is 2.15. The predicted molar refractivity (Wildman–Crippen MR) is 102 cm³/mol. The summed E-state index contributed by atoms with van der Waals surface area (Å²) in [6.07, 6.45) is 5.70. The van der Waals surface area contributed by atoms with Crippen molar-refractivity contribution in [3.05, 3.63) is 45.7 Å². The van der Waals surface area contributed by atoms with Crippen LogP contribution in [0, 0.1) is 0 Å². The minimum Gasteiger partial charge on any atom is -0.289 e. The lowest BCUT2D eigenvalue weighted by Gasteiger charge is -2.11. The fraction of sp³-hybridized carbons (Fsp3) is 0.353. The van der Waals surface area contributed by atoms with Gasteiger partial charge in [-0.3, -0.25) is 10.0 Å². The molecule has 2 aromatic rings. The first-order valence-corrected chi connectivity index (χ1v) is 10.3. The molecule has 0 aliphatic rings. The van der Waals surface area contributed by atoms with Crippen LogP contribution in [0.4, 0.5) is 0 Å². The van der Waals surface area contributed by atoms with Gasteiger partial charge in [-0.15, -0.1) is 11.3 Å². The van der Waals surface area contributed by atoms with Gasteiger partial charge in [0.1, 0.15) is 0 Å². The number of benzene rings is 1. The van der Waals surface area contributed by atoms with E-state index in [2.05, 4.69) is 52.3 Å². The van der Waals surface area contributed by atoms with Gasteiger partial charge in [-0.1, -0.05) is 30.7 Å². The van der Waals surface area contributed by atoms with Gasteiger partial charge in [-0.2, -0.15) is 11.8 Å². The highest BCUT2D eigenvalue weighted by Crippen LogP contribution is 2.31. The van der Waals surface area contributed by atoms with Gasteiger partial charge in [0, 0.05) is 4.88 Å². The maximum Gasteiger partial charge on any atom is 0.256 e.